The number of carboxylic acid groups (broad SMARTS) is 1. The van der Waals surface area contributed by atoms with E-state index in [1.54, 1.807) is 30.3 Å². The average molecular weight is 489 g/mol. The van der Waals surface area contributed by atoms with Gasteiger partial charge in [-0.25, -0.2) is 9.18 Å². The van der Waals surface area contributed by atoms with Crippen molar-refractivity contribution in [2.75, 3.05) is 0 Å². The lowest BCUT2D eigenvalue weighted by Crippen LogP contribution is -2.49. The maximum atomic E-state index is 14.0. The Morgan fingerprint density at radius 2 is 1.68 bits per heavy atom. The van der Waals surface area contributed by atoms with Crippen LogP contribution in [0.25, 0.3) is 22.5 Å². The number of halogens is 7. The Morgan fingerprint density at radius 3 is 2.26 bits per heavy atom. The fourth-order valence-electron chi connectivity index (χ4n) is 3.12. The summed E-state index contributed by atoms with van der Waals surface area (Å²) in [5, 5.41) is 9.10. The predicted octanol–water partition coefficient (Wildman–Crippen LogP) is 4.73. The third-order valence-electron chi connectivity index (χ3n) is 4.72. The minimum Gasteiger partial charge on any atom is -0.475 e. The van der Waals surface area contributed by atoms with Crippen molar-refractivity contribution in [2.24, 2.45) is 0 Å². The normalized spacial score (nSPS) is 15.6. The zero-order valence-corrected chi connectivity index (χ0v) is 16.8. The molecule has 0 saturated carbocycles. The molecule has 3 heterocycles. The fraction of sp³-hybridized carbons (Fsp3) is 0.190. The van der Waals surface area contributed by atoms with Gasteiger partial charge in [0.05, 0.1) is 11.3 Å². The second-order valence-corrected chi connectivity index (χ2v) is 7.06. The first-order valence-corrected chi connectivity index (χ1v) is 9.38. The van der Waals surface area contributed by atoms with Gasteiger partial charge in [-0.05, 0) is 30.3 Å². The summed E-state index contributed by atoms with van der Waals surface area (Å²) < 4.78 is 84.6. The molecule has 0 fully saturated rings. The SMILES string of the molecule is O=C(O)C(F)(F)F.O=C1NC(C(F)(F)F)Cc2[nH]c(-c3ccnc(-c4ccccc4F)c3)cc21. The number of rotatable bonds is 2. The van der Waals surface area contributed by atoms with Crippen molar-refractivity contribution in [3.8, 4) is 22.5 Å². The minimum atomic E-state index is -5.08. The van der Waals surface area contributed by atoms with E-state index in [1.165, 1.54) is 18.3 Å². The number of aromatic amines is 1. The lowest BCUT2D eigenvalue weighted by Gasteiger charge is -2.25. The van der Waals surface area contributed by atoms with Gasteiger partial charge in [0.25, 0.3) is 5.91 Å². The number of fused-ring (bicyclic) bond motifs is 1. The van der Waals surface area contributed by atoms with Crippen molar-refractivity contribution >= 4 is 11.9 Å². The summed E-state index contributed by atoms with van der Waals surface area (Å²) in [5.41, 5.74) is 2.16. The average Bonchev–Trinajstić information content (AvgIpc) is 3.18. The van der Waals surface area contributed by atoms with E-state index in [-0.39, 0.29) is 17.7 Å². The highest BCUT2D eigenvalue weighted by Gasteiger charge is 2.44. The van der Waals surface area contributed by atoms with Crippen LogP contribution in [-0.2, 0) is 11.2 Å². The second-order valence-electron chi connectivity index (χ2n) is 7.06. The fourth-order valence-corrected chi connectivity index (χ4v) is 3.12. The minimum absolute atomic E-state index is 0.176. The molecule has 3 aromatic rings. The highest BCUT2D eigenvalue weighted by Crippen LogP contribution is 2.31. The van der Waals surface area contributed by atoms with Gasteiger partial charge in [0.2, 0.25) is 0 Å². The maximum Gasteiger partial charge on any atom is 0.490 e. The summed E-state index contributed by atoms with van der Waals surface area (Å²) >= 11 is 0. The van der Waals surface area contributed by atoms with Crippen LogP contribution >= 0.6 is 0 Å². The third-order valence-corrected chi connectivity index (χ3v) is 4.72. The van der Waals surface area contributed by atoms with E-state index in [4.69, 9.17) is 9.90 Å². The van der Waals surface area contributed by atoms with Crippen LogP contribution in [-0.4, -0.2) is 45.3 Å². The van der Waals surface area contributed by atoms with Crippen LogP contribution in [0.3, 0.4) is 0 Å². The van der Waals surface area contributed by atoms with Crippen molar-refractivity contribution in [2.45, 2.75) is 24.8 Å². The van der Waals surface area contributed by atoms with Crippen molar-refractivity contribution in [3.63, 3.8) is 0 Å². The molecule has 0 saturated heterocycles. The standard InChI is InChI=1S/C19H13F4N3O.C2HF3O2/c20-13-4-2-1-3-11(13)15-7-10(5-6-24-15)14-8-12-16(25-14)9-17(19(21,22)23)26-18(12)27;3-2(4,5)1(6)7/h1-8,17,25H,9H2,(H,26,27);(H,6,7). The molecule has 1 amide bonds. The van der Waals surface area contributed by atoms with Gasteiger partial charge in [-0.3, -0.25) is 9.78 Å². The molecule has 2 aromatic heterocycles. The first-order chi connectivity index (χ1) is 15.8. The monoisotopic (exact) mass is 489 g/mol. The molecule has 3 N–H and O–H groups in total. The lowest BCUT2D eigenvalue weighted by molar-refractivity contribution is -0.192. The smallest absolute Gasteiger partial charge is 0.475 e. The topological polar surface area (TPSA) is 95.1 Å². The second kappa shape index (κ2) is 9.15. The third kappa shape index (κ3) is 5.53. The molecule has 180 valence electrons. The van der Waals surface area contributed by atoms with Gasteiger partial charge in [0, 0.05) is 35.1 Å². The van der Waals surface area contributed by atoms with Crippen LogP contribution in [0.1, 0.15) is 16.1 Å². The summed E-state index contributed by atoms with van der Waals surface area (Å²) in [6, 6.07) is 8.99. The first kappa shape index (κ1) is 24.7. The molecule has 4 rings (SSSR count). The summed E-state index contributed by atoms with van der Waals surface area (Å²) in [4.78, 5) is 28.0. The largest absolute Gasteiger partial charge is 0.490 e. The molecular formula is C21H14F7N3O3. The highest BCUT2D eigenvalue weighted by atomic mass is 19.4. The summed E-state index contributed by atoms with van der Waals surface area (Å²) in [6.07, 6.45) is -8.49. The quantitative estimate of drug-likeness (QED) is 0.454. The Labute approximate surface area is 186 Å². The number of hydrogen-bond donors (Lipinski definition) is 3. The number of nitrogens with one attached hydrogen (secondary N) is 2. The molecule has 0 spiro atoms. The van der Waals surface area contributed by atoms with E-state index in [1.807, 2.05) is 5.32 Å². The summed E-state index contributed by atoms with van der Waals surface area (Å²) in [5.74, 6) is -3.96. The number of carbonyl (C=O) groups is 2. The number of benzene rings is 1. The number of aliphatic carboxylic acids is 1. The summed E-state index contributed by atoms with van der Waals surface area (Å²) in [6.45, 7) is 0. The van der Waals surface area contributed by atoms with Crippen LogP contribution < -0.4 is 5.32 Å². The number of pyridine rings is 1. The molecule has 1 aromatic carbocycles. The van der Waals surface area contributed by atoms with Crippen LogP contribution in [0.15, 0.2) is 48.7 Å². The molecular weight excluding hydrogens is 475 g/mol. The molecule has 0 bridgehead atoms. The Hall–Kier alpha value is -3.90. The van der Waals surface area contributed by atoms with E-state index in [0.29, 0.717) is 22.5 Å². The van der Waals surface area contributed by atoms with Crippen molar-refractivity contribution < 1.29 is 45.4 Å². The number of carbonyl (C=O) groups excluding carboxylic acids is 1. The number of aromatic nitrogens is 2. The molecule has 6 nitrogen and oxygen atoms in total. The maximum absolute atomic E-state index is 14.0. The van der Waals surface area contributed by atoms with E-state index in [9.17, 15) is 35.5 Å². The molecule has 1 aliphatic heterocycles. The zero-order chi connectivity index (χ0) is 25.3. The molecule has 0 aliphatic carbocycles. The lowest BCUT2D eigenvalue weighted by atomic mass is 10.0. The molecule has 13 heteroatoms. The molecule has 1 unspecified atom stereocenters. The number of hydrogen-bond acceptors (Lipinski definition) is 3. The van der Waals surface area contributed by atoms with Gasteiger partial charge < -0.3 is 15.4 Å². The molecule has 34 heavy (non-hydrogen) atoms. The van der Waals surface area contributed by atoms with Gasteiger partial charge in [-0.1, -0.05) is 12.1 Å². The van der Waals surface area contributed by atoms with Gasteiger partial charge >= 0.3 is 18.3 Å². The highest BCUT2D eigenvalue weighted by molar-refractivity contribution is 5.98. The van der Waals surface area contributed by atoms with Crippen LogP contribution in [0.5, 0.6) is 0 Å². The Kier molecular flexibility index (Phi) is 6.66. The Balaban J connectivity index is 0.000000406. The first-order valence-electron chi connectivity index (χ1n) is 9.38. The van der Waals surface area contributed by atoms with Gasteiger partial charge in [0.15, 0.2) is 0 Å². The van der Waals surface area contributed by atoms with Gasteiger partial charge in [-0.2, -0.15) is 26.3 Å². The van der Waals surface area contributed by atoms with E-state index in [0.717, 1.165) is 0 Å². The van der Waals surface area contributed by atoms with E-state index < -0.39 is 36.1 Å². The number of H-pyrrole nitrogens is 1. The molecule has 1 aliphatic rings. The van der Waals surface area contributed by atoms with Crippen LogP contribution in [0, 0.1) is 5.82 Å². The Morgan fingerprint density at radius 1 is 1.03 bits per heavy atom. The van der Waals surface area contributed by atoms with Crippen molar-refractivity contribution in [1.29, 1.82) is 0 Å². The number of alkyl halides is 6. The number of carboxylic acids is 1. The number of amides is 1. The van der Waals surface area contributed by atoms with E-state index >= 15 is 0 Å². The van der Waals surface area contributed by atoms with Crippen LogP contribution in [0.2, 0.25) is 0 Å². The van der Waals surface area contributed by atoms with E-state index in [2.05, 4.69) is 9.97 Å². The molecule has 1 atom stereocenters. The predicted molar refractivity (Wildman–Crippen MR) is 104 cm³/mol. The number of nitrogens with zero attached hydrogens (tertiary/aromatic N) is 1. The van der Waals surface area contributed by atoms with Crippen LogP contribution in [0.4, 0.5) is 30.7 Å². The van der Waals surface area contributed by atoms with Crippen molar-refractivity contribution in [3.05, 3.63) is 65.7 Å². The summed E-state index contributed by atoms with van der Waals surface area (Å²) in [7, 11) is 0. The zero-order valence-electron chi connectivity index (χ0n) is 16.8. The van der Waals surface area contributed by atoms with Crippen molar-refractivity contribution in [1.82, 2.24) is 15.3 Å². The van der Waals surface area contributed by atoms with Gasteiger partial charge in [-0.15, -0.1) is 0 Å². The van der Waals surface area contributed by atoms with Gasteiger partial charge in [0.1, 0.15) is 11.9 Å². The molecule has 0 radical (unpaired) electrons. The Bertz CT molecular complexity index is 1220.